The molecule has 2 aliphatic rings. The Bertz CT molecular complexity index is 1540. The molecule has 3 aromatic rings. The first-order chi connectivity index (χ1) is 16.4. The molecule has 34 heavy (non-hydrogen) atoms. The van der Waals surface area contributed by atoms with E-state index in [2.05, 4.69) is 20.9 Å². The minimum absolute atomic E-state index is 0.154. The number of fused-ring (bicyclic) bond motifs is 2. The molecule has 2 aromatic carbocycles. The zero-order chi connectivity index (χ0) is 24.0. The number of hydrogen-bond donors (Lipinski definition) is 0. The molecule has 0 saturated heterocycles. The van der Waals surface area contributed by atoms with E-state index in [-0.39, 0.29) is 24.5 Å². The van der Waals surface area contributed by atoms with Crippen LogP contribution >= 0.6 is 38.9 Å². The summed E-state index contributed by atoms with van der Waals surface area (Å²) in [5, 5.41) is 0.442. The highest BCUT2D eigenvalue weighted by Crippen LogP contribution is 2.37. The fraction of sp³-hybridized carbons (Fsp3) is 0.208. The van der Waals surface area contributed by atoms with Crippen LogP contribution in [-0.2, 0) is 9.53 Å². The largest absolute Gasteiger partial charge is 0.463 e. The van der Waals surface area contributed by atoms with Crippen molar-refractivity contribution in [1.29, 1.82) is 0 Å². The molecule has 1 atom stereocenters. The second kappa shape index (κ2) is 9.05. The lowest BCUT2D eigenvalue weighted by Crippen LogP contribution is -2.40. The second-order valence-corrected chi connectivity index (χ2v) is 9.82. The summed E-state index contributed by atoms with van der Waals surface area (Å²) < 4.78 is 18.9. The fourth-order valence-corrected chi connectivity index (χ4v) is 5.68. The van der Waals surface area contributed by atoms with Crippen molar-refractivity contribution in [2.45, 2.75) is 19.9 Å². The molecule has 0 saturated carbocycles. The number of halogens is 2. The van der Waals surface area contributed by atoms with Crippen LogP contribution in [0.1, 0.15) is 31.0 Å². The average molecular weight is 562 g/mol. The maximum Gasteiger partial charge on any atom is 0.338 e. The minimum atomic E-state index is -0.758. The molecule has 0 spiro atoms. The number of thiazole rings is 1. The van der Waals surface area contributed by atoms with Crippen molar-refractivity contribution < 1.29 is 19.0 Å². The number of ether oxygens (including phenoxy) is 3. The standard InChI is InChI=1S/C24H18BrClN2O5S/c1-3-31-23(30)20-12(2)27-24-28(21(20)14-6-4-5-7-16(14)26)22(29)19(34-24)9-13-8-17-18(10-15(13)25)33-11-32-17/h4-10,21H,3,11H2,1-2H3/b19-9-/t21-/m1/s1. The first-order valence-electron chi connectivity index (χ1n) is 10.4. The van der Waals surface area contributed by atoms with Crippen molar-refractivity contribution >= 4 is 50.9 Å². The van der Waals surface area contributed by atoms with Gasteiger partial charge in [-0.3, -0.25) is 9.36 Å². The lowest BCUT2D eigenvalue weighted by Gasteiger charge is -2.25. The van der Waals surface area contributed by atoms with Crippen LogP contribution in [0.5, 0.6) is 11.5 Å². The van der Waals surface area contributed by atoms with Gasteiger partial charge < -0.3 is 14.2 Å². The Morgan fingerprint density at radius 2 is 2.06 bits per heavy atom. The highest BCUT2D eigenvalue weighted by atomic mass is 79.9. The molecule has 174 valence electrons. The van der Waals surface area contributed by atoms with E-state index in [9.17, 15) is 9.59 Å². The molecule has 3 heterocycles. The van der Waals surface area contributed by atoms with E-state index < -0.39 is 12.0 Å². The summed E-state index contributed by atoms with van der Waals surface area (Å²) >= 11 is 11.3. The van der Waals surface area contributed by atoms with E-state index in [4.69, 9.17) is 25.8 Å². The molecule has 10 heteroatoms. The summed E-state index contributed by atoms with van der Waals surface area (Å²) in [4.78, 5) is 31.7. The zero-order valence-corrected chi connectivity index (χ0v) is 21.3. The molecule has 0 unspecified atom stereocenters. The number of allylic oxidation sites excluding steroid dienone is 1. The maximum atomic E-state index is 13.7. The Morgan fingerprint density at radius 1 is 1.32 bits per heavy atom. The normalized spacial score (nSPS) is 16.9. The first kappa shape index (κ1) is 22.9. The van der Waals surface area contributed by atoms with Gasteiger partial charge in [0.05, 0.1) is 22.4 Å². The molecule has 0 N–H and O–H groups in total. The van der Waals surface area contributed by atoms with Gasteiger partial charge in [-0.25, -0.2) is 9.79 Å². The fourth-order valence-electron chi connectivity index (χ4n) is 3.97. The Balaban J connectivity index is 1.73. The number of carbonyl (C=O) groups excluding carboxylic acids is 1. The summed E-state index contributed by atoms with van der Waals surface area (Å²) in [5.41, 5.74) is 1.87. The minimum Gasteiger partial charge on any atom is -0.463 e. The molecular formula is C24H18BrClN2O5S. The van der Waals surface area contributed by atoms with Gasteiger partial charge >= 0.3 is 5.97 Å². The van der Waals surface area contributed by atoms with Gasteiger partial charge in [-0.2, -0.15) is 0 Å². The monoisotopic (exact) mass is 560 g/mol. The number of esters is 1. The first-order valence-corrected chi connectivity index (χ1v) is 12.4. The van der Waals surface area contributed by atoms with Crippen molar-refractivity contribution in [1.82, 2.24) is 4.57 Å². The number of rotatable bonds is 4. The Hall–Kier alpha value is -2.88. The SMILES string of the molecule is CCOC(=O)C1=C(C)N=c2s/c(=C\c3cc4c(cc3Br)OCO4)c(=O)n2[C@@H]1c1ccccc1Cl. The van der Waals surface area contributed by atoms with Gasteiger partial charge in [-0.1, -0.05) is 57.1 Å². The maximum absolute atomic E-state index is 13.7. The molecule has 7 nitrogen and oxygen atoms in total. The van der Waals surface area contributed by atoms with E-state index in [1.54, 1.807) is 44.2 Å². The van der Waals surface area contributed by atoms with E-state index in [1.165, 1.54) is 15.9 Å². The zero-order valence-electron chi connectivity index (χ0n) is 18.1. The molecule has 5 rings (SSSR count). The quantitative estimate of drug-likeness (QED) is 0.451. The Labute approximate surface area is 211 Å². The number of nitrogens with zero attached hydrogens (tertiary/aromatic N) is 2. The molecular weight excluding hydrogens is 544 g/mol. The van der Waals surface area contributed by atoms with Crippen LogP contribution in [-0.4, -0.2) is 23.9 Å². The Morgan fingerprint density at radius 3 is 2.79 bits per heavy atom. The number of carbonyl (C=O) groups is 1. The van der Waals surface area contributed by atoms with Crippen LogP contribution in [0.15, 0.2) is 61.9 Å². The summed E-state index contributed by atoms with van der Waals surface area (Å²) in [7, 11) is 0. The summed E-state index contributed by atoms with van der Waals surface area (Å²) in [6, 6.07) is 10.0. The third-order valence-corrected chi connectivity index (χ3v) is 7.51. The predicted molar refractivity (Wildman–Crippen MR) is 132 cm³/mol. The molecule has 0 aliphatic carbocycles. The second-order valence-electron chi connectivity index (χ2n) is 7.55. The molecule has 2 aliphatic heterocycles. The lowest BCUT2D eigenvalue weighted by atomic mass is 9.96. The van der Waals surface area contributed by atoms with Crippen molar-refractivity contribution in [3.63, 3.8) is 0 Å². The van der Waals surface area contributed by atoms with Crippen molar-refractivity contribution in [3.05, 3.63) is 88.0 Å². The summed E-state index contributed by atoms with van der Waals surface area (Å²) in [5.74, 6) is 0.719. The van der Waals surface area contributed by atoms with E-state index in [0.29, 0.717) is 37.1 Å². The molecule has 0 fully saturated rings. The number of benzene rings is 2. The number of hydrogen-bond acceptors (Lipinski definition) is 7. The van der Waals surface area contributed by atoms with Crippen LogP contribution in [0.4, 0.5) is 0 Å². The van der Waals surface area contributed by atoms with Crippen LogP contribution in [0.3, 0.4) is 0 Å². The highest BCUT2D eigenvalue weighted by Gasteiger charge is 2.34. The summed E-state index contributed by atoms with van der Waals surface area (Å²) in [6.07, 6.45) is 1.77. The van der Waals surface area contributed by atoms with Crippen molar-refractivity contribution in [2.75, 3.05) is 13.4 Å². The number of aromatic nitrogens is 1. The van der Waals surface area contributed by atoms with Crippen LogP contribution in [0, 0.1) is 0 Å². The third-order valence-electron chi connectivity index (χ3n) is 5.50. The van der Waals surface area contributed by atoms with Crippen molar-refractivity contribution in [2.24, 2.45) is 4.99 Å². The topological polar surface area (TPSA) is 79.1 Å². The van der Waals surface area contributed by atoms with Gasteiger partial charge in [0.1, 0.15) is 6.04 Å². The average Bonchev–Trinajstić information content (AvgIpc) is 3.37. The Kier molecular flexibility index (Phi) is 6.09. The van der Waals surface area contributed by atoms with Crippen LogP contribution in [0.25, 0.3) is 6.08 Å². The van der Waals surface area contributed by atoms with E-state index in [0.717, 1.165) is 10.0 Å². The van der Waals surface area contributed by atoms with Gasteiger partial charge in [0.25, 0.3) is 5.56 Å². The summed E-state index contributed by atoms with van der Waals surface area (Å²) in [6.45, 7) is 3.83. The molecule has 0 amide bonds. The van der Waals surface area contributed by atoms with Gasteiger partial charge in [-0.05, 0) is 49.2 Å². The van der Waals surface area contributed by atoms with Gasteiger partial charge in [0, 0.05) is 9.50 Å². The van der Waals surface area contributed by atoms with Crippen LogP contribution < -0.4 is 24.4 Å². The van der Waals surface area contributed by atoms with E-state index in [1.807, 2.05) is 12.1 Å². The third kappa shape index (κ3) is 3.87. The van der Waals surface area contributed by atoms with Crippen LogP contribution in [0.2, 0.25) is 5.02 Å². The van der Waals surface area contributed by atoms with Gasteiger partial charge in [0.15, 0.2) is 16.3 Å². The molecule has 1 aromatic heterocycles. The highest BCUT2D eigenvalue weighted by molar-refractivity contribution is 9.10. The smallest absolute Gasteiger partial charge is 0.338 e. The lowest BCUT2D eigenvalue weighted by molar-refractivity contribution is -0.139. The molecule has 0 bridgehead atoms. The van der Waals surface area contributed by atoms with Gasteiger partial charge in [-0.15, -0.1) is 0 Å². The molecule has 0 radical (unpaired) electrons. The van der Waals surface area contributed by atoms with E-state index >= 15 is 0 Å². The predicted octanol–water partition coefficient (Wildman–Crippen LogP) is 3.94. The van der Waals surface area contributed by atoms with Gasteiger partial charge in [0.2, 0.25) is 6.79 Å². The van der Waals surface area contributed by atoms with Crippen molar-refractivity contribution in [3.8, 4) is 11.5 Å².